The van der Waals surface area contributed by atoms with Crippen molar-refractivity contribution in [1.82, 2.24) is 19.9 Å². The maximum Gasteiger partial charge on any atom is 0.203 e. The summed E-state index contributed by atoms with van der Waals surface area (Å²) < 4.78 is 38.8. The van der Waals surface area contributed by atoms with Gasteiger partial charge in [0.1, 0.15) is 23.1 Å². The Labute approximate surface area is 615 Å². The van der Waals surface area contributed by atoms with E-state index in [0.29, 0.717) is 73.6 Å². The van der Waals surface area contributed by atoms with E-state index in [1.165, 1.54) is 83.5 Å². The lowest BCUT2D eigenvalue weighted by Gasteiger charge is -2.19. The molecule has 534 valence electrons. The number of H-pyrrole nitrogens is 1. The highest BCUT2D eigenvalue weighted by molar-refractivity contribution is 6.21. The molecule has 13 heteroatoms. The molecule has 13 nitrogen and oxygen atoms in total. The number of hydrogen-bond donors (Lipinski definition) is 1. The van der Waals surface area contributed by atoms with Gasteiger partial charge in [0.05, 0.1) is 96.6 Å². The number of aromatic nitrogens is 4. The van der Waals surface area contributed by atoms with Crippen LogP contribution >= 0.6 is 0 Å². The summed E-state index contributed by atoms with van der Waals surface area (Å²) in [6.45, 7) is 3.85. The van der Waals surface area contributed by atoms with Gasteiger partial charge in [-0.25, -0.2) is 4.98 Å². The Bertz CT molecular complexity index is 4300. The first-order chi connectivity index (χ1) is 51.5. The second-order valence-electron chi connectivity index (χ2n) is 27.2. The van der Waals surface area contributed by atoms with Gasteiger partial charge in [0, 0.05) is 28.7 Å². The van der Waals surface area contributed by atoms with E-state index in [0.717, 1.165) is 185 Å². The predicted octanol–water partition coefficient (Wildman–Crippen LogP) is 23.8. The van der Waals surface area contributed by atoms with Crippen LogP contribution in [0.25, 0.3) is 77.6 Å². The number of aromatic amines is 1. The molecule has 0 aliphatic carbocycles. The summed E-state index contributed by atoms with van der Waals surface area (Å²) >= 11 is 0. The molecule has 0 atom stereocenters. The van der Waals surface area contributed by atoms with Crippen LogP contribution in [0.5, 0.6) is 34.5 Å². The maximum absolute atomic E-state index is 9.14. The minimum absolute atomic E-state index is 0.568. The molecule has 11 aromatic rings. The number of ether oxygens (including phenoxy) is 6. The van der Waals surface area contributed by atoms with Crippen molar-refractivity contribution in [2.45, 2.75) is 173 Å². The van der Waals surface area contributed by atoms with E-state index in [1.54, 1.807) is 0 Å². The number of hydrogen-bond acceptors (Lipinski definition) is 12. The number of nitrogens with one attached hydrogen (secondary N) is 1. The molecule has 3 heterocycles. The lowest BCUT2D eigenvalue weighted by atomic mass is 10.0. The molecule has 8 aromatic carbocycles. The van der Waals surface area contributed by atoms with Crippen molar-refractivity contribution in [3.8, 4) is 97.5 Å². The van der Waals surface area contributed by atoms with Crippen molar-refractivity contribution >= 4 is 32.8 Å². The smallest absolute Gasteiger partial charge is 0.203 e. The van der Waals surface area contributed by atoms with E-state index in [4.69, 9.17) is 59.2 Å². The van der Waals surface area contributed by atoms with Gasteiger partial charge in [-0.2, -0.15) is 15.8 Å². The van der Waals surface area contributed by atoms with Crippen LogP contribution in [-0.2, 0) is 0 Å². The number of pyridine rings is 2. The molecule has 11 rings (SSSR count). The highest BCUT2D eigenvalue weighted by Gasteiger charge is 2.21. The first-order valence-electron chi connectivity index (χ1n) is 38.3. The second-order valence-corrected chi connectivity index (χ2v) is 27.2. The van der Waals surface area contributed by atoms with Crippen LogP contribution in [0.1, 0.15) is 190 Å². The number of unbranched alkanes of at least 4 members (excludes halogenated alkanes) is 24. The molecule has 0 fully saturated rings. The third-order valence-electron chi connectivity index (χ3n) is 19.4. The Kier molecular flexibility index (Phi) is 29.7. The normalized spacial score (nSPS) is 11.2. The molecule has 0 spiro atoms. The van der Waals surface area contributed by atoms with Gasteiger partial charge in [-0.15, -0.1) is 0 Å². The number of nitrogens with zero attached hydrogens (tertiary/aromatic N) is 6. The molecule has 0 bridgehead atoms. The van der Waals surface area contributed by atoms with Crippen molar-refractivity contribution in [3.63, 3.8) is 0 Å². The predicted molar refractivity (Wildman–Crippen MR) is 420 cm³/mol. The Hall–Kier alpha value is -10.7. The SMILES string of the molecule is N#Cc1ccc(-c2ccc(OCCCCCCCCCCCOc3cc(-c4nc5c6cccnc6c6ncccc6c5[nH]4)cc(OCCCCCCCCCCCOc4ccc(-c5ccc(C#N)cc5)cc4)c3OCCCCCCCCCCCOc3ccc(-c4ccc(C#N)cc4)cc3)cc2)cc1. The van der Waals surface area contributed by atoms with Crippen molar-refractivity contribution < 1.29 is 28.4 Å². The number of fused-ring (bicyclic) bond motifs is 6. The fraction of sp³-hybridized carbons (Fsp3) is 0.363. The van der Waals surface area contributed by atoms with Crippen LogP contribution in [0.15, 0.2) is 194 Å². The molecule has 0 unspecified atom stereocenters. The quantitative estimate of drug-likeness (QED) is 0.0282. The standard InChI is InChI=1S/C91H99N7O6/c92-66-69-32-38-72(39-33-69)75-44-50-79(51-45-75)99-58-22-16-10-4-1-7-13-19-25-61-102-84-64-78(91-97-88-82-30-28-56-95-86(82)87-83(89(88)98-91)31-29-57-96-87)65-85(103-62-26-20-14-8-2-5-11-17-23-59-100-80-52-46-76(47-53-80)73-40-34-70(67-93)35-41-73)90(84)104-63-27-21-15-9-3-6-12-18-24-60-101-81-54-48-77(49-55-81)74-42-36-71(68-94)37-43-74/h28-57,64-65H,1-27,58-63H2,(H,97,98). The monoisotopic (exact) mass is 1390 g/mol. The van der Waals surface area contributed by atoms with Gasteiger partial charge in [-0.05, 0) is 181 Å². The fourth-order valence-electron chi connectivity index (χ4n) is 13.4. The molecule has 1 N–H and O–H groups in total. The summed E-state index contributed by atoms with van der Waals surface area (Å²) in [5, 5.41) is 29.4. The molecular weight excluding hydrogens is 1290 g/mol. The van der Waals surface area contributed by atoms with Crippen LogP contribution < -0.4 is 28.4 Å². The van der Waals surface area contributed by atoms with Crippen molar-refractivity contribution in [2.24, 2.45) is 0 Å². The lowest BCUT2D eigenvalue weighted by molar-refractivity contribution is 0.234. The molecule has 0 amide bonds. The third kappa shape index (κ3) is 22.7. The number of rotatable bonds is 46. The summed E-state index contributed by atoms with van der Waals surface area (Å²) in [7, 11) is 0. The van der Waals surface area contributed by atoms with Crippen LogP contribution in [0.4, 0.5) is 0 Å². The highest BCUT2D eigenvalue weighted by atomic mass is 16.5. The van der Waals surface area contributed by atoms with E-state index in [9.17, 15) is 0 Å². The first kappa shape index (κ1) is 74.5. The molecule has 104 heavy (non-hydrogen) atoms. The fourth-order valence-corrected chi connectivity index (χ4v) is 13.4. The van der Waals surface area contributed by atoms with Gasteiger partial charge in [-0.1, -0.05) is 208 Å². The van der Waals surface area contributed by atoms with Crippen molar-refractivity contribution in [3.05, 3.63) is 211 Å². The van der Waals surface area contributed by atoms with Crippen LogP contribution in [0.3, 0.4) is 0 Å². The van der Waals surface area contributed by atoms with Crippen LogP contribution in [0, 0.1) is 34.0 Å². The number of benzene rings is 8. The first-order valence-corrected chi connectivity index (χ1v) is 38.3. The summed E-state index contributed by atoms with van der Waals surface area (Å²) in [5.41, 5.74) is 12.9. The average molecular weight is 1390 g/mol. The van der Waals surface area contributed by atoms with E-state index >= 15 is 0 Å². The van der Waals surface area contributed by atoms with Gasteiger partial charge in [0.25, 0.3) is 0 Å². The van der Waals surface area contributed by atoms with Crippen molar-refractivity contribution in [2.75, 3.05) is 39.6 Å². The van der Waals surface area contributed by atoms with Gasteiger partial charge in [0.2, 0.25) is 5.75 Å². The van der Waals surface area contributed by atoms with Gasteiger partial charge in [-0.3, -0.25) is 9.97 Å². The molecule has 0 saturated carbocycles. The van der Waals surface area contributed by atoms with Crippen LogP contribution in [0.2, 0.25) is 0 Å². The maximum atomic E-state index is 9.14. The Morgan fingerprint density at radius 1 is 0.279 bits per heavy atom. The zero-order valence-electron chi connectivity index (χ0n) is 60.4. The summed E-state index contributed by atoms with van der Waals surface area (Å²) in [5.74, 6) is 5.43. The highest BCUT2D eigenvalue weighted by Crippen LogP contribution is 2.43. The molecule has 0 saturated heterocycles. The number of nitriles is 3. The summed E-state index contributed by atoms with van der Waals surface area (Å²) in [6.07, 6.45) is 34.4. The van der Waals surface area contributed by atoms with E-state index in [-0.39, 0.29) is 0 Å². The Balaban J connectivity index is 0.647. The summed E-state index contributed by atoms with van der Waals surface area (Å²) in [6, 6.07) is 66.5. The zero-order valence-corrected chi connectivity index (χ0v) is 60.4. The van der Waals surface area contributed by atoms with Gasteiger partial charge >= 0.3 is 0 Å². The molecule has 0 aliphatic rings. The van der Waals surface area contributed by atoms with E-state index in [2.05, 4.69) is 83.9 Å². The van der Waals surface area contributed by atoms with Gasteiger partial charge in [0.15, 0.2) is 11.5 Å². The zero-order chi connectivity index (χ0) is 71.4. The minimum Gasteiger partial charge on any atom is -0.494 e. The molecular formula is C91H99N7O6. The topological polar surface area (TPSA) is 181 Å². The Morgan fingerprint density at radius 3 is 0.885 bits per heavy atom. The lowest BCUT2D eigenvalue weighted by Crippen LogP contribution is -2.07. The van der Waals surface area contributed by atoms with Crippen molar-refractivity contribution in [1.29, 1.82) is 15.8 Å². The Morgan fingerprint density at radius 2 is 0.558 bits per heavy atom. The molecule has 0 aliphatic heterocycles. The third-order valence-corrected chi connectivity index (χ3v) is 19.4. The minimum atomic E-state index is 0.568. The second kappa shape index (κ2) is 41.4. The van der Waals surface area contributed by atoms with E-state index in [1.807, 2.05) is 134 Å². The van der Waals surface area contributed by atoms with Gasteiger partial charge < -0.3 is 33.4 Å². The molecule has 3 aromatic heterocycles. The number of imidazole rings is 1. The average Bonchev–Trinajstić information content (AvgIpc) is 1.61. The van der Waals surface area contributed by atoms with E-state index < -0.39 is 0 Å². The summed E-state index contributed by atoms with van der Waals surface area (Å²) in [4.78, 5) is 18.6. The van der Waals surface area contributed by atoms with Crippen LogP contribution in [-0.4, -0.2) is 59.6 Å². The largest absolute Gasteiger partial charge is 0.494 e. The molecule has 0 radical (unpaired) electrons.